The lowest BCUT2D eigenvalue weighted by Gasteiger charge is -2.41. The van der Waals surface area contributed by atoms with Gasteiger partial charge >= 0.3 is 0 Å². The van der Waals surface area contributed by atoms with Gasteiger partial charge in [0.05, 0.1) is 26.9 Å². The first-order valence-corrected chi connectivity index (χ1v) is 14.3. The molecule has 9 atom stereocenters. The van der Waals surface area contributed by atoms with Crippen molar-refractivity contribution in [3.05, 3.63) is 42.0 Å². The molecule has 6 rings (SSSR count). The Morgan fingerprint density at radius 3 is 2.43 bits per heavy atom. The number of hydrogen-bond donors (Lipinski definition) is 6. The van der Waals surface area contributed by atoms with Crippen molar-refractivity contribution in [3.63, 3.8) is 0 Å². The van der Waals surface area contributed by atoms with Gasteiger partial charge in [-0.2, -0.15) is 0 Å². The molecule has 1 aromatic heterocycles. The van der Waals surface area contributed by atoms with Gasteiger partial charge in [-0.3, -0.25) is 0 Å². The topological polar surface area (TPSA) is 199 Å². The second-order valence-electron chi connectivity index (χ2n) is 11.0. The molecule has 0 amide bonds. The number of rotatable bonds is 10. The summed E-state index contributed by atoms with van der Waals surface area (Å²) >= 11 is 0. The van der Waals surface area contributed by atoms with Gasteiger partial charge < -0.3 is 68.2 Å². The van der Waals surface area contributed by atoms with Crippen LogP contribution in [0.25, 0.3) is 22.3 Å². The van der Waals surface area contributed by atoms with Crippen molar-refractivity contribution in [2.45, 2.75) is 68.1 Å². The lowest BCUT2D eigenvalue weighted by atomic mass is 9.99. The smallest absolute Gasteiger partial charge is 0.231 e. The van der Waals surface area contributed by atoms with Crippen molar-refractivity contribution in [1.82, 2.24) is 0 Å². The number of furan rings is 1. The van der Waals surface area contributed by atoms with E-state index in [0.717, 1.165) is 16.5 Å². The number of aliphatic hydroxyl groups is 6. The van der Waals surface area contributed by atoms with Crippen molar-refractivity contribution in [3.8, 4) is 28.6 Å². The highest BCUT2D eigenvalue weighted by Crippen LogP contribution is 2.39. The van der Waals surface area contributed by atoms with E-state index in [1.807, 2.05) is 36.4 Å². The minimum absolute atomic E-state index is 0.154. The molecule has 0 saturated carbocycles. The van der Waals surface area contributed by atoms with Gasteiger partial charge in [0.15, 0.2) is 35.4 Å². The number of aliphatic hydroxyl groups excluding tert-OH is 6. The van der Waals surface area contributed by atoms with E-state index in [-0.39, 0.29) is 26.6 Å². The monoisotopic (exact) mass is 620 g/mol. The summed E-state index contributed by atoms with van der Waals surface area (Å²) in [7, 11) is 1.57. The number of benzene rings is 2. The molecule has 0 aliphatic carbocycles. The number of fused-ring (bicyclic) bond motifs is 2. The van der Waals surface area contributed by atoms with Gasteiger partial charge in [-0.05, 0) is 54.8 Å². The molecule has 3 aromatic rings. The van der Waals surface area contributed by atoms with E-state index >= 15 is 0 Å². The summed E-state index contributed by atoms with van der Waals surface area (Å²) in [6.45, 7) is -0.276. The van der Waals surface area contributed by atoms with E-state index in [4.69, 9.17) is 37.6 Å². The van der Waals surface area contributed by atoms with Gasteiger partial charge in [0, 0.05) is 10.9 Å². The van der Waals surface area contributed by atoms with Crippen molar-refractivity contribution >= 4 is 11.0 Å². The van der Waals surface area contributed by atoms with Crippen LogP contribution in [0.2, 0.25) is 0 Å². The van der Waals surface area contributed by atoms with Crippen LogP contribution in [-0.2, 0) is 25.4 Å². The van der Waals surface area contributed by atoms with Crippen LogP contribution < -0.4 is 14.2 Å². The van der Waals surface area contributed by atoms with E-state index in [2.05, 4.69) is 0 Å². The summed E-state index contributed by atoms with van der Waals surface area (Å²) < 4.78 is 44.6. The molecule has 0 radical (unpaired) electrons. The molecule has 3 aliphatic heterocycles. The number of ether oxygens (including phenoxy) is 7. The van der Waals surface area contributed by atoms with Gasteiger partial charge in [0.25, 0.3) is 0 Å². The molecule has 0 spiro atoms. The highest BCUT2D eigenvalue weighted by Gasteiger charge is 2.45. The highest BCUT2D eigenvalue weighted by molar-refractivity contribution is 5.88. The van der Waals surface area contributed by atoms with E-state index in [1.165, 1.54) is 0 Å². The molecule has 4 heterocycles. The normalized spacial score (nSPS) is 31.8. The molecular weight excluding hydrogens is 584 g/mol. The van der Waals surface area contributed by atoms with Crippen LogP contribution >= 0.6 is 0 Å². The molecule has 14 heteroatoms. The predicted molar refractivity (Wildman–Crippen MR) is 149 cm³/mol. The molecule has 240 valence electrons. The first-order chi connectivity index (χ1) is 21.2. The van der Waals surface area contributed by atoms with Crippen LogP contribution in [-0.4, -0.2) is 120 Å². The van der Waals surface area contributed by atoms with Crippen molar-refractivity contribution < 1.29 is 68.2 Å². The van der Waals surface area contributed by atoms with Crippen LogP contribution in [0.5, 0.6) is 17.2 Å². The zero-order valence-corrected chi connectivity index (χ0v) is 23.9. The van der Waals surface area contributed by atoms with Crippen LogP contribution in [0.15, 0.2) is 40.8 Å². The molecule has 2 saturated heterocycles. The summed E-state index contributed by atoms with van der Waals surface area (Å²) in [4.78, 5) is 0. The van der Waals surface area contributed by atoms with Crippen LogP contribution in [0, 0.1) is 0 Å². The Kier molecular flexibility index (Phi) is 9.26. The second kappa shape index (κ2) is 13.1. The molecule has 0 unspecified atom stereocenters. The third kappa shape index (κ3) is 6.23. The van der Waals surface area contributed by atoms with Crippen molar-refractivity contribution in [2.24, 2.45) is 0 Å². The molecule has 2 aromatic carbocycles. The number of methoxy groups -OCH3 is 1. The Balaban J connectivity index is 1.05. The molecule has 14 nitrogen and oxygen atoms in total. The Morgan fingerprint density at radius 1 is 0.818 bits per heavy atom. The van der Waals surface area contributed by atoms with Gasteiger partial charge in [0.1, 0.15) is 48.5 Å². The standard InChI is InChI=1S/C30H36O14/c1-37-21-8-14(7-16-10-19(43-28(16)21)15-4-5-18-20(9-15)42-13-41-18)3-2-6-38-30-27(36)25(34)24(33)22(44-30)12-40-29-26(35)23(32)17(31)11-39-29/h4-5,7-10,17,22-27,29-36H,2-3,6,11-13H2,1H3/t17-,22+,23-,24-,25-,26-,27+,29-,30+/m1/s1. The van der Waals surface area contributed by atoms with Crippen LogP contribution in [0.1, 0.15) is 12.0 Å². The molecule has 6 N–H and O–H groups in total. The minimum atomic E-state index is -1.58. The van der Waals surface area contributed by atoms with Gasteiger partial charge in [-0.15, -0.1) is 0 Å². The second-order valence-corrected chi connectivity index (χ2v) is 11.0. The Labute approximate surface area is 251 Å². The summed E-state index contributed by atoms with van der Waals surface area (Å²) in [6, 6.07) is 11.4. The zero-order chi connectivity index (χ0) is 31.0. The quantitative estimate of drug-likeness (QED) is 0.166. The average Bonchev–Trinajstić information content (AvgIpc) is 3.68. The largest absolute Gasteiger partial charge is 0.493 e. The lowest BCUT2D eigenvalue weighted by Crippen LogP contribution is -2.60. The van der Waals surface area contributed by atoms with E-state index in [1.54, 1.807) is 7.11 Å². The Hall–Kier alpha value is -3.02. The first kappa shape index (κ1) is 31.0. The summed E-state index contributed by atoms with van der Waals surface area (Å²) in [5, 5.41) is 61.5. The van der Waals surface area contributed by atoms with E-state index < -0.39 is 55.3 Å². The van der Waals surface area contributed by atoms with Crippen LogP contribution in [0.4, 0.5) is 0 Å². The average molecular weight is 621 g/mol. The third-order valence-corrected chi connectivity index (χ3v) is 7.96. The van der Waals surface area contributed by atoms with Crippen LogP contribution in [0.3, 0.4) is 0 Å². The van der Waals surface area contributed by atoms with Gasteiger partial charge in [0.2, 0.25) is 6.79 Å². The summed E-state index contributed by atoms with van der Waals surface area (Å²) in [6.07, 6.45) is -11.5. The maximum absolute atomic E-state index is 10.4. The highest BCUT2D eigenvalue weighted by atomic mass is 16.7. The number of aryl methyl sites for hydroxylation is 1. The van der Waals surface area contributed by atoms with Gasteiger partial charge in [-0.25, -0.2) is 0 Å². The Bertz CT molecular complexity index is 1430. The molecule has 0 bridgehead atoms. The lowest BCUT2D eigenvalue weighted by molar-refractivity contribution is -0.320. The summed E-state index contributed by atoms with van der Waals surface area (Å²) in [5.41, 5.74) is 2.40. The zero-order valence-electron chi connectivity index (χ0n) is 23.9. The minimum Gasteiger partial charge on any atom is -0.493 e. The molecule has 2 fully saturated rings. The molecular formula is C30H36O14. The maximum Gasteiger partial charge on any atom is 0.231 e. The van der Waals surface area contributed by atoms with E-state index in [9.17, 15) is 30.6 Å². The fraction of sp³-hybridized carbons (Fsp3) is 0.533. The molecule has 44 heavy (non-hydrogen) atoms. The predicted octanol–water partition coefficient (Wildman–Crippen LogP) is 0.0495. The Morgan fingerprint density at radius 2 is 1.61 bits per heavy atom. The number of hydrogen-bond acceptors (Lipinski definition) is 14. The van der Waals surface area contributed by atoms with E-state index in [0.29, 0.717) is 41.4 Å². The fourth-order valence-electron chi connectivity index (χ4n) is 5.45. The maximum atomic E-state index is 10.4. The van der Waals surface area contributed by atoms with Crippen molar-refractivity contribution in [2.75, 3.05) is 33.7 Å². The first-order valence-electron chi connectivity index (χ1n) is 14.3. The molecule has 3 aliphatic rings. The van der Waals surface area contributed by atoms with Gasteiger partial charge in [-0.1, -0.05) is 0 Å². The van der Waals surface area contributed by atoms with Crippen molar-refractivity contribution in [1.29, 1.82) is 0 Å². The fourth-order valence-corrected chi connectivity index (χ4v) is 5.45. The summed E-state index contributed by atoms with van der Waals surface area (Å²) in [5.74, 6) is 2.56. The SMILES string of the molecule is COc1cc(CCCO[C@H]2O[C@@H](CO[C@H]3OC[C@@H](O)[C@@H](O)[C@H]3O)[C@@H](O)[C@@H](O)[C@@H]2O)cc2cc(-c3ccc4c(c3)OCO4)oc12. The third-order valence-electron chi connectivity index (χ3n) is 7.96.